The highest BCUT2D eigenvalue weighted by atomic mass is 16.2. The maximum absolute atomic E-state index is 10.9. The first-order chi connectivity index (χ1) is 4.61. The number of rotatable bonds is 1. The Balaban J connectivity index is 2.63. The second kappa shape index (κ2) is 2.40. The molecule has 0 aliphatic carbocycles. The molecule has 1 aliphatic rings. The van der Waals surface area contributed by atoms with Crippen molar-refractivity contribution < 1.29 is 9.59 Å². The summed E-state index contributed by atoms with van der Waals surface area (Å²) < 4.78 is 0. The van der Waals surface area contributed by atoms with Gasteiger partial charge < -0.3 is 5.32 Å². The van der Waals surface area contributed by atoms with E-state index in [0.29, 0.717) is 6.42 Å². The zero-order valence-corrected chi connectivity index (χ0v) is 6.18. The molecule has 1 amide bonds. The molecule has 10 heavy (non-hydrogen) atoms. The number of ketones is 1. The van der Waals surface area contributed by atoms with Crippen LogP contribution in [-0.4, -0.2) is 17.7 Å². The molecule has 1 saturated heterocycles. The molecule has 2 unspecified atom stereocenters. The molecule has 0 aromatic heterocycles. The minimum Gasteiger partial charge on any atom is -0.353 e. The molecule has 1 heterocycles. The lowest BCUT2D eigenvalue weighted by atomic mass is 10.0. The summed E-state index contributed by atoms with van der Waals surface area (Å²) >= 11 is 0. The molecule has 0 radical (unpaired) electrons. The van der Waals surface area contributed by atoms with Crippen molar-refractivity contribution in [2.45, 2.75) is 26.3 Å². The van der Waals surface area contributed by atoms with Gasteiger partial charge in [0.2, 0.25) is 5.91 Å². The zero-order chi connectivity index (χ0) is 7.72. The van der Waals surface area contributed by atoms with Gasteiger partial charge in [0.1, 0.15) is 5.78 Å². The number of hydrogen-bond donors (Lipinski definition) is 1. The van der Waals surface area contributed by atoms with Gasteiger partial charge in [0.05, 0.1) is 5.92 Å². The van der Waals surface area contributed by atoms with Crippen LogP contribution in [0.4, 0.5) is 0 Å². The molecule has 2 atom stereocenters. The van der Waals surface area contributed by atoms with E-state index in [1.807, 2.05) is 6.92 Å². The van der Waals surface area contributed by atoms with Crippen LogP contribution in [0.2, 0.25) is 0 Å². The molecule has 1 aliphatic heterocycles. The fraction of sp³-hybridized carbons (Fsp3) is 0.714. The number of carbonyl (C=O) groups is 2. The van der Waals surface area contributed by atoms with E-state index in [2.05, 4.69) is 5.32 Å². The van der Waals surface area contributed by atoms with Crippen molar-refractivity contribution >= 4 is 11.7 Å². The third kappa shape index (κ3) is 1.17. The van der Waals surface area contributed by atoms with Crippen LogP contribution in [0.5, 0.6) is 0 Å². The fourth-order valence-corrected chi connectivity index (χ4v) is 1.21. The monoisotopic (exact) mass is 141 g/mol. The maximum atomic E-state index is 10.9. The summed E-state index contributed by atoms with van der Waals surface area (Å²) in [5.74, 6) is -0.517. The Morgan fingerprint density at radius 2 is 2.30 bits per heavy atom. The van der Waals surface area contributed by atoms with Crippen LogP contribution in [-0.2, 0) is 9.59 Å². The summed E-state index contributed by atoms with van der Waals surface area (Å²) in [6.45, 7) is 3.36. The lowest BCUT2D eigenvalue weighted by molar-refractivity contribution is -0.130. The van der Waals surface area contributed by atoms with Crippen LogP contribution in [0.15, 0.2) is 0 Å². The summed E-state index contributed by atoms with van der Waals surface area (Å²) in [5, 5.41) is 2.69. The second-order valence-corrected chi connectivity index (χ2v) is 2.81. The van der Waals surface area contributed by atoms with Gasteiger partial charge in [-0.15, -0.1) is 0 Å². The highest BCUT2D eigenvalue weighted by Gasteiger charge is 2.32. The van der Waals surface area contributed by atoms with Crippen molar-refractivity contribution in [2.24, 2.45) is 5.92 Å². The average molecular weight is 141 g/mol. The number of carbonyl (C=O) groups excluding carboxylic acids is 2. The first-order valence-electron chi connectivity index (χ1n) is 3.42. The van der Waals surface area contributed by atoms with Gasteiger partial charge in [-0.1, -0.05) is 0 Å². The SMILES string of the molecule is CC(=O)C1CC(C)NC1=O. The Hall–Kier alpha value is -0.860. The Morgan fingerprint density at radius 1 is 1.70 bits per heavy atom. The second-order valence-electron chi connectivity index (χ2n) is 2.81. The summed E-state index contributed by atoms with van der Waals surface area (Å²) in [4.78, 5) is 21.6. The van der Waals surface area contributed by atoms with Gasteiger partial charge >= 0.3 is 0 Å². The standard InChI is InChI=1S/C7H11NO2/c1-4-3-6(5(2)9)7(10)8-4/h4,6H,3H2,1-2H3,(H,8,10). The molecule has 0 aromatic carbocycles. The number of Topliss-reactive ketones (excluding diaryl/α,β-unsaturated/α-hetero) is 1. The predicted molar refractivity (Wildman–Crippen MR) is 36.4 cm³/mol. The lowest BCUT2D eigenvalue weighted by Crippen LogP contribution is -2.25. The molecule has 0 spiro atoms. The Labute approximate surface area is 59.8 Å². The third-order valence-corrected chi connectivity index (χ3v) is 1.79. The van der Waals surface area contributed by atoms with Crippen molar-refractivity contribution in [3.8, 4) is 0 Å². The average Bonchev–Trinajstić information content (AvgIpc) is 2.10. The largest absolute Gasteiger partial charge is 0.353 e. The van der Waals surface area contributed by atoms with Crippen LogP contribution in [0.25, 0.3) is 0 Å². The summed E-state index contributed by atoms with van der Waals surface area (Å²) in [7, 11) is 0. The van der Waals surface area contributed by atoms with Gasteiger partial charge in [0, 0.05) is 6.04 Å². The quantitative estimate of drug-likeness (QED) is 0.526. The van der Waals surface area contributed by atoms with E-state index >= 15 is 0 Å². The van der Waals surface area contributed by atoms with Crippen molar-refractivity contribution in [1.29, 1.82) is 0 Å². The van der Waals surface area contributed by atoms with E-state index < -0.39 is 0 Å². The van der Waals surface area contributed by atoms with Crippen molar-refractivity contribution in [3.63, 3.8) is 0 Å². The van der Waals surface area contributed by atoms with Crippen LogP contribution in [0.3, 0.4) is 0 Å². The lowest BCUT2D eigenvalue weighted by Gasteiger charge is -1.97. The Morgan fingerprint density at radius 3 is 2.50 bits per heavy atom. The molecule has 3 heteroatoms. The number of nitrogens with one attached hydrogen (secondary N) is 1. The molecular formula is C7H11NO2. The molecular weight excluding hydrogens is 130 g/mol. The van der Waals surface area contributed by atoms with Crippen LogP contribution in [0, 0.1) is 5.92 Å². The molecule has 0 aromatic rings. The van der Waals surface area contributed by atoms with Crippen molar-refractivity contribution in [3.05, 3.63) is 0 Å². The minimum atomic E-state index is -0.380. The van der Waals surface area contributed by atoms with E-state index in [1.165, 1.54) is 6.92 Å². The molecule has 1 rings (SSSR count). The van der Waals surface area contributed by atoms with E-state index in [1.54, 1.807) is 0 Å². The topological polar surface area (TPSA) is 46.2 Å². The molecule has 56 valence electrons. The minimum absolute atomic E-state index is 0.0261. The molecule has 3 nitrogen and oxygen atoms in total. The predicted octanol–water partition coefficient (Wildman–Crippen LogP) is 0.1000. The molecule has 1 fully saturated rings. The van der Waals surface area contributed by atoms with Gasteiger partial charge in [-0.3, -0.25) is 9.59 Å². The van der Waals surface area contributed by atoms with Gasteiger partial charge in [-0.25, -0.2) is 0 Å². The Bertz CT molecular complexity index is 176. The van der Waals surface area contributed by atoms with Gasteiger partial charge in [-0.05, 0) is 20.3 Å². The number of hydrogen-bond acceptors (Lipinski definition) is 2. The Kier molecular flexibility index (Phi) is 1.74. The van der Waals surface area contributed by atoms with E-state index in [-0.39, 0.29) is 23.7 Å². The summed E-state index contributed by atoms with van der Waals surface area (Å²) in [5.41, 5.74) is 0. The summed E-state index contributed by atoms with van der Waals surface area (Å²) in [6, 6.07) is 0.168. The van der Waals surface area contributed by atoms with E-state index in [4.69, 9.17) is 0 Å². The van der Waals surface area contributed by atoms with E-state index in [9.17, 15) is 9.59 Å². The van der Waals surface area contributed by atoms with Gasteiger partial charge in [0.15, 0.2) is 0 Å². The molecule has 0 bridgehead atoms. The first kappa shape index (κ1) is 7.25. The van der Waals surface area contributed by atoms with E-state index in [0.717, 1.165) is 0 Å². The van der Waals surface area contributed by atoms with Crippen molar-refractivity contribution in [2.75, 3.05) is 0 Å². The zero-order valence-electron chi connectivity index (χ0n) is 6.18. The van der Waals surface area contributed by atoms with Crippen LogP contribution in [0.1, 0.15) is 20.3 Å². The highest BCUT2D eigenvalue weighted by molar-refractivity contribution is 6.01. The normalized spacial score (nSPS) is 32.0. The summed E-state index contributed by atoms with van der Waals surface area (Å²) in [6.07, 6.45) is 0.661. The third-order valence-electron chi connectivity index (χ3n) is 1.79. The molecule has 0 saturated carbocycles. The van der Waals surface area contributed by atoms with Crippen LogP contribution >= 0.6 is 0 Å². The van der Waals surface area contributed by atoms with Gasteiger partial charge in [0.25, 0.3) is 0 Å². The first-order valence-corrected chi connectivity index (χ1v) is 3.42. The van der Waals surface area contributed by atoms with Gasteiger partial charge in [-0.2, -0.15) is 0 Å². The van der Waals surface area contributed by atoms with Crippen molar-refractivity contribution in [1.82, 2.24) is 5.32 Å². The fourth-order valence-electron chi connectivity index (χ4n) is 1.21. The molecule has 1 N–H and O–H groups in total. The smallest absolute Gasteiger partial charge is 0.230 e. The maximum Gasteiger partial charge on any atom is 0.230 e. The highest BCUT2D eigenvalue weighted by Crippen LogP contribution is 2.15. The number of amides is 1. The van der Waals surface area contributed by atoms with Crippen LogP contribution < -0.4 is 5.32 Å².